The summed E-state index contributed by atoms with van der Waals surface area (Å²) in [4.78, 5) is 46.4. The number of hydrogen-bond donors (Lipinski definition) is 2. The van der Waals surface area contributed by atoms with Crippen LogP contribution in [0.5, 0.6) is 5.75 Å². The number of anilines is 1. The number of rotatable bonds is 8. The Hall–Kier alpha value is -4.21. The van der Waals surface area contributed by atoms with Gasteiger partial charge in [-0.15, -0.1) is 0 Å². The molecule has 2 aromatic rings. The van der Waals surface area contributed by atoms with E-state index in [1.807, 2.05) is 0 Å². The van der Waals surface area contributed by atoms with Gasteiger partial charge in [0.25, 0.3) is 0 Å². The second-order valence-corrected chi connectivity index (χ2v) is 5.88. The molecule has 2 rings (SSSR count). The third kappa shape index (κ3) is 7.61. The molecular weight excluding hydrogens is 406 g/mol. The van der Waals surface area contributed by atoms with E-state index in [0.29, 0.717) is 22.6 Å². The second-order valence-electron chi connectivity index (χ2n) is 5.88. The molecule has 0 aliphatic rings. The van der Waals surface area contributed by atoms with E-state index in [-0.39, 0.29) is 13.2 Å². The second kappa shape index (κ2) is 11.7. The average molecular weight is 427 g/mol. The third-order valence-corrected chi connectivity index (χ3v) is 3.70. The summed E-state index contributed by atoms with van der Waals surface area (Å²) in [5, 5.41) is 6.11. The monoisotopic (exact) mass is 427 g/mol. The smallest absolute Gasteiger partial charge is 0.343 e. The molecule has 10 nitrogen and oxygen atoms in total. The fourth-order valence-electron chi connectivity index (χ4n) is 2.16. The highest BCUT2D eigenvalue weighted by atomic mass is 16.6. The molecule has 0 heterocycles. The van der Waals surface area contributed by atoms with Crippen molar-refractivity contribution in [3.63, 3.8) is 0 Å². The summed E-state index contributed by atoms with van der Waals surface area (Å²) in [6, 6.07) is 12.4. The van der Waals surface area contributed by atoms with Crippen molar-refractivity contribution in [3.8, 4) is 5.75 Å². The van der Waals surface area contributed by atoms with Crippen molar-refractivity contribution in [3.05, 3.63) is 59.7 Å². The Morgan fingerprint density at radius 3 is 2.26 bits per heavy atom. The Bertz CT molecular complexity index is 954. The summed E-state index contributed by atoms with van der Waals surface area (Å²) < 4.78 is 14.6. The van der Waals surface area contributed by atoms with Gasteiger partial charge in [0, 0.05) is 5.69 Å². The summed E-state index contributed by atoms with van der Waals surface area (Å²) >= 11 is 0. The third-order valence-electron chi connectivity index (χ3n) is 3.70. The zero-order chi connectivity index (χ0) is 22.6. The first-order valence-electron chi connectivity index (χ1n) is 9.14. The molecule has 2 N–H and O–H groups in total. The fourth-order valence-corrected chi connectivity index (χ4v) is 2.16. The largest absolute Gasteiger partial charge is 0.482 e. The van der Waals surface area contributed by atoms with Crippen LogP contribution in [0.15, 0.2) is 53.6 Å². The molecule has 0 atom stereocenters. The van der Waals surface area contributed by atoms with Crippen molar-refractivity contribution in [1.82, 2.24) is 5.43 Å². The van der Waals surface area contributed by atoms with Crippen LogP contribution in [0.1, 0.15) is 22.8 Å². The normalized spacial score (nSPS) is 10.3. The fraction of sp³-hybridized carbons (Fsp3) is 0.190. The van der Waals surface area contributed by atoms with Gasteiger partial charge in [0.15, 0.2) is 6.61 Å². The van der Waals surface area contributed by atoms with Gasteiger partial charge in [0.05, 0.1) is 25.5 Å². The van der Waals surface area contributed by atoms with Gasteiger partial charge in [-0.05, 0) is 61.0 Å². The molecule has 31 heavy (non-hydrogen) atoms. The Morgan fingerprint density at radius 2 is 1.65 bits per heavy atom. The summed E-state index contributed by atoms with van der Waals surface area (Å²) in [5.74, 6) is -2.41. The van der Waals surface area contributed by atoms with E-state index in [1.54, 1.807) is 31.2 Å². The standard InChI is InChI=1S/C21H21N3O7/c1-3-30-21(28)15-6-8-16(9-7-15)23-19(26)20(27)24-22-12-14-4-10-17(11-5-14)31-13-18(25)29-2/h4-12H,3,13H2,1-2H3,(H,23,26)(H,24,27)/b22-12-. The van der Waals surface area contributed by atoms with E-state index in [4.69, 9.17) is 9.47 Å². The number of carbonyl (C=O) groups excluding carboxylic acids is 4. The quantitative estimate of drug-likeness (QED) is 0.282. The SMILES string of the molecule is CCOC(=O)c1ccc(NC(=O)C(=O)N/N=C\c2ccc(OCC(=O)OC)cc2)cc1. The first-order valence-corrected chi connectivity index (χ1v) is 9.14. The first-order chi connectivity index (χ1) is 14.9. The first kappa shape index (κ1) is 23.1. The molecule has 2 aromatic carbocycles. The molecule has 162 valence electrons. The molecule has 0 radical (unpaired) electrons. The van der Waals surface area contributed by atoms with Crippen LogP contribution in [0.3, 0.4) is 0 Å². The maximum atomic E-state index is 11.9. The highest BCUT2D eigenvalue weighted by Gasteiger charge is 2.13. The molecular formula is C21H21N3O7. The Labute approximate surface area is 178 Å². The molecule has 10 heteroatoms. The molecule has 0 fully saturated rings. The van der Waals surface area contributed by atoms with Gasteiger partial charge in [-0.1, -0.05) is 0 Å². The molecule has 2 amide bonds. The number of nitrogens with one attached hydrogen (secondary N) is 2. The minimum absolute atomic E-state index is 0.208. The van der Waals surface area contributed by atoms with Crippen molar-refractivity contribution in [2.45, 2.75) is 6.92 Å². The van der Waals surface area contributed by atoms with E-state index in [2.05, 4.69) is 20.6 Å². The summed E-state index contributed by atoms with van der Waals surface area (Å²) in [6.45, 7) is 1.75. The predicted molar refractivity (Wildman–Crippen MR) is 111 cm³/mol. The number of hydrazone groups is 1. The Balaban J connectivity index is 1.82. The van der Waals surface area contributed by atoms with Crippen LogP contribution in [0.25, 0.3) is 0 Å². The van der Waals surface area contributed by atoms with Crippen molar-refractivity contribution in [1.29, 1.82) is 0 Å². The summed E-state index contributed by atoms with van der Waals surface area (Å²) in [6.07, 6.45) is 1.34. The molecule has 0 aliphatic carbocycles. The number of ether oxygens (including phenoxy) is 3. The number of methoxy groups -OCH3 is 1. The van der Waals surface area contributed by atoms with E-state index >= 15 is 0 Å². The van der Waals surface area contributed by atoms with Crippen molar-refractivity contribution >= 4 is 35.7 Å². The van der Waals surface area contributed by atoms with Gasteiger partial charge in [-0.3, -0.25) is 9.59 Å². The van der Waals surface area contributed by atoms with Crippen molar-refractivity contribution in [2.24, 2.45) is 5.10 Å². The van der Waals surface area contributed by atoms with Crippen LogP contribution >= 0.6 is 0 Å². The van der Waals surface area contributed by atoms with Gasteiger partial charge in [-0.2, -0.15) is 5.10 Å². The van der Waals surface area contributed by atoms with Crippen LogP contribution in [-0.2, 0) is 23.9 Å². The van der Waals surface area contributed by atoms with Crippen molar-refractivity contribution < 1.29 is 33.4 Å². The zero-order valence-corrected chi connectivity index (χ0v) is 16.9. The van der Waals surface area contributed by atoms with Gasteiger partial charge < -0.3 is 19.5 Å². The minimum Gasteiger partial charge on any atom is -0.482 e. The number of esters is 2. The van der Waals surface area contributed by atoms with Crippen LogP contribution in [-0.4, -0.2) is 50.3 Å². The van der Waals surface area contributed by atoms with E-state index in [9.17, 15) is 19.2 Å². The lowest BCUT2D eigenvalue weighted by Crippen LogP contribution is -2.32. The van der Waals surface area contributed by atoms with E-state index in [1.165, 1.54) is 37.6 Å². The van der Waals surface area contributed by atoms with E-state index < -0.39 is 23.8 Å². The maximum Gasteiger partial charge on any atom is 0.343 e. The lowest BCUT2D eigenvalue weighted by atomic mass is 10.2. The number of benzene rings is 2. The Kier molecular flexibility index (Phi) is 8.72. The maximum absolute atomic E-state index is 11.9. The van der Waals surface area contributed by atoms with Gasteiger partial charge in [-0.25, -0.2) is 15.0 Å². The molecule has 0 unspecified atom stereocenters. The highest BCUT2D eigenvalue weighted by molar-refractivity contribution is 6.39. The highest BCUT2D eigenvalue weighted by Crippen LogP contribution is 2.12. The van der Waals surface area contributed by atoms with Gasteiger partial charge >= 0.3 is 23.8 Å². The van der Waals surface area contributed by atoms with Crippen LogP contribution in [0, 0.1) is 0 Å². The molecule has 0 saturated carbocycles. The number of nitrogens with zero attached hydrogens (tertiary/aromatic N) is 1. The number of carbonyl (C=O) groups is 4. The van der Waals surface area contributed by atoms with Crippen LogP contribution in [0.2, 0.25) is 0 Å². The minimum atomic E-state index is -0.969. The summed E-state index contributed by atoms with van der Waals surface area (Å²) in [5.41, 5.74) is 3.40. The van der Waals surface area contributed by atoms with Crippen LogP contribution in [0.4, 0.5) is 5.69 Å². The van der Waals surface area contributed by atoms with Crippen LogP contribution < -0.4 is 15.5 Å². The predicted octanol–water partition coefficient (Wildman–Crippen LogP) is 1.50. The molecule has 0 aromatic heterocycles. The topological polar surface area (TPSA) is 132 Å². The number of amides is 2. The molecule has 0 bridgehead atoms. The average Bonchev–Trinajstić information content (AvgIpc) is 2.78. The van der Waals surface area contributed by atoms with Crippen molar-refractivity contribution in [2.75, 3.05) is 25.6 Å². The Morgan fingerprint density at radius 1 is 0.968 bits per heavy atom. The van der Waals surface area contributed by atoms with Gasteiger partial charge in [0.1, 0.15) is 5.75 Å². The molecule has 0 saturated heterocycles. The van der Waals surface area contributed by atoms with E-state index in [0.717, 1.165) is 0 Å². The molecule has 0 aliphatic heterocycles. The molecule has 0 spiro atoms. The lowest BCUT2D eigenvalue weighted by Gasteiger charge is -2.06. The zero-order valence-electron chi connectivity index (χ0n) is 16.9. The van der Waals surface area contributed by atoms with Gasteiger partial charge in [0.2, 0.25) is 0 Å². The summed E-state index contributed by atoms with van der Waals surface area (Å²) in [7, 11) is 1.27. The number of hydrogen-bond acceptors (Lipinski definition) is 8. The lowest BCUT2D eigenvalue weighted by molar-refractivity contribution is -0.142.